The van der Waals surface area contributed by atoms with Gasteiger partial charge in [0.1, 0.15) is 5.50 Å². The Morgan fingerprint density at radius 3 is 2.62 bits per heavy atom. The Morgan fingerprint density at radius 1 is 1.88 bits per heavy atom. The quantitative estimate of drug-likeness (QED) is 0.287. The summed E-state index contributed by atoms with van der Waals surface area (Å²) < 4.78 is 0. The summed E-state index contributed by atoms with van der Waals surface area (Å²) in [6, 6.07) is 0. The molecule has 0 aromatic carbocycles. The Kier molecular flexibility index (Phi) is 1.74. The van der Waals surface area contributed by atoms with Crippen molar-refractivity contribution in [2.45, 2.75) is 5.50 Å². The third-order valence-corrected chi connectivity index (χ3v) is 1.44. The fourth-order valence-electron chi connectivity index (χ4n) is 0.634. The van der Waals surface area contributed by atoms with Crippen LogP contribution in [-0.4, -0.2) is 29.2 Å². The first kappa shape index (κ1) is 6.31. The minimum atomic E-state index is -0.0278. The Bertz CT molecular complexity index is 77.4. The molecule has 1 rings (SSSR count). The lowest BCUT2D eigenvalue weighted by atomic mass is 11.0. The normalized spacial score (nSPS) is 34.1. The molecule has 8 heavy (non-hydrogen) atoms. The number of rotatable bonds is 0. The van der Waals surface area contributed by atoms with E-state index in [4.69, 9.17) is 5.84 Å². The summed E-state index contributed by atoms with van der Waals surface area (Å²) in [7, 11) is 1.91. The van der Waals surface area contributed by atoms with Gasteiger partial charge in [0.15, 0.2) is 0 Å². The molecule has 48 valence electrons. The summed E-state index contributed by atoms with van der Waals surface area (Å²) >= 11 is 4.09. The monoisotopic (exact) mass is 134 g/mol. The van der Waals surface area contributed by atoms with Gasteiger partial charge in [0.25, 0.3) is 0 Å². The molecule has 0 saturated carbocycles. The summed E-state index contributed by atoms with van der Waals surface area (Å²) in [4.78, 5) is 0. The second-order valence-electron chi connectivity index (χ2n) is 1.86. The van der Waals surface area contributed by atoms with Crippen molar-refractivity contribution >= 4 is 12.6 Å². The lowest BCUT2D eigenvalue weighted by Crippen LogP contribution is -2.36. The first-order valence-electron chi connectivity index (χ1n) is 2.37. The highest BCUT2D eigenvalue weighted by Gasteiger charge is 2.20. The lowest BCUT2D eigenvalue weighted by molar-refractivity contribution is 0.262. The molecule has 1 unspecified atom stereocenters. The van der Waals surface area contributed by atoms with Crippen LogP contribution in [0.2, 0.25) is 0 Å². The van der Waals surface area contributed by atoms with Crippen LogP contribution < -0.4 is 11.3 Å². The van der Waals surface area contributed by atoms with E-state index in [0.29, 0.717) is 6.67 Å². The van der Waals surface area contributed by atoms with E-state index in [2.05, 4.69) is 18.1 Å². The number of nitrogens with two attached hydrogens (primary N) is 1. The second kappa shape index (κ2) is 2.20. The molecule has 5 heteroatoms. The van der Waals surface area contributed by atoms with Crippen LogP contribution in [-0.2, 0) is 0 Å². The molecule has 1 aliphatic rings. The molecule has 0 aromatic heterocycles. The first-order valence-corrected chi connectivity index (χ1v) is 2.88. The highest BCUT2D eigenvalue weighted by molar-refractivity contribution is 7.80. The van der Waals surface area contributed by atoms with Crippen molar-refractivity contribution in [3.63, 3.8) is 0 Å². The molecule has 0 bridgehead atoms. The van der Waals surface area contributed by atoms with Gasteiger partial charge >= 0.3 is 0 Å². The Hall–Kier alpha value is 0.190. The maximum atomic E-state index is 5.42. The molecule has 3 N–H and O–H groups in total. The van der Waals surface area contributed by atoms with Crippen LogP contribution in [0.3, 0.4) is 0 Å². The van der Waals surface area contributed by atoms with E-state index in [-0.39, 0.29) is 5.50 Å². The average molecular weight is 134 g/mol. The molecule has 1 atom stereocenters. The molecule has 0 spiro atoms. The number of nitrogens with one attached hydrogen (secondary N) is 1. The minimum Gasteiger partial charge on any atom is -0.265 e. The van der Waals surface area contributed by atoms with Crippen LogP contribution in [0.1, 0.15) is 0 Å². The van der Waals surface area contributed by atoms with Crippen molar-refractivity contribution in [1.82, 2.24) is 15.4 Å². The minimum absolute atomic E-state index is 0.0278. The number of nitrogens with zero attached hydrogens (tertiary/aromatic N) is 2. The van der Waals surface area contributed by atoms with Crippen molar-refractivity contribution in [2.75, 3.05) is 13.7 Å². The largest absolute Gasteiger partial charge is 0.265 e. The predicted octanol–water partition coefficient (Wildman–Crippen LogP) is -1.22. The van der Waals surface area contributed by atoms with Gasteiger partial charge in [-0.05, 0) is 0 Å². The van der Waals surface area contributed by atoms with Crippen LogP contribution in [0.25, 0.3) is 0 Å². The summed E-state index contributed by atoms with van der Waals surface area (Å²) in [5.41, 5.74) is 2.94. The Balaban J connectivity index is 2.39. The maximum absolute atomic E-state index is 5.42. The molecule has 0 aliphatic carbocycles. The summed E-state index contributed by atoms with van der Waals surface area (Å²) in [5, 5.41) is 3.47. The average Bonchev–Trinajstić information content (AvgIpc) is 1.85. The van der Waals surface area contributed by atoms with E-state index in [0.717, 1.165) is 0 Å². The maximum Gasteiger partial charge on any atom is 0.132 e. The smallest absolute Gasteiger partial charge is 0.132 e. The van der Waals surface area contributed by atoms with Crippen molar-refractivity contribution in [3.8, 4) is 0 Å². The van der Waals surface area contributed by atoms with E-state index < -0.39 is 0 Å². The predicted molar refractivity (Wildman–Crippen MR) is 34.6 cm³/mol. The molecule has 1 heterocycles. The fourth-order valence-corrected chi connectivity index (χ4v) is 0.905. The molecular weight excluding hydrogens is 124 g/mol. The van der Waals surface area contributed by atoms with Gasteiger partial charge in [0.2, 0.25) is 0 Å². The van der Waals surface area contributed by atoms with Crippen molar-refractivity contribution in [3.05, 3.63) is 0 Å². The van der Waals surface area contributed by atoms with E-state index in [1.54, 1.807) is 5.01 Å². The number of hydrogen-bond donors (Lipinski definition) is 3. The molecule has 1 saturated heterocycles. The van der Waals surface area contributed by atoms with Gasteiger partial charge in [-0.25, -0.2) is 15.4 Å². The van der Waals surface area contributed by atoms with Crippen molar-refractivity contribution < 1.29 is 0 Å². The molecular formula is C3H10N4S. The van der Waals surface area contributed by atoms with Crippen LogP contribution in [0.15, 0.2) is 0 Å². The highest BCUT2D eigenvalue weighted by Crippen LogP contribution is 2.01. The van der Waals surface area contributed by atoms with E-state index in [1.165, 1.54) is 0 Å². The van der Waals surface area contributed by atoms with Crippen LogP contribution in [0.4, 0.5) is 0 Å². The second-order valence-corrected chi connectivity index (χ2v) is 2.35. The Morgan fingerprint density at radius 2 is 2.50 bits per heavy atom. The molecule has 0 radical (unpaired) electrons. The first-order chi connectivity index (χ1) is 3.70. The van der Waals surface area contributed by atoms with Crippen molar-refractivity contribution in [2.24, 2.45) is 5.84 Å². The molecule has 1 aliphatic heterocycles. The highest BCUT2D eigenvalue weighted by atomic mass is 32.1. The lowest BCUT2D eigenvalue weighted by Gasteiger charge is -2.08. The van der Waals surface area contributed by atoms with Crippen molar-refractivity contribution in [1.29, 1.82) is 0 Å². The van der Waals surface area contributed by atoms with Gasteiger partial charge in [-0.3, -0.25) is 5.84 Å². The summed E-state index contributed by atoms with van der Waals surface area (Å²) in [5.74, 6) is 5.42. The van der Waals surface area contributed by atoms with Gasteiger partial charge in [-0.2, -0.15) is 0 Å². The molecule has 4 nitrogen and oxygen atoms in total. The third-order valence-electron chi connectivity index (χ3n) is 1.03. The number of hydrogen-bond acceptors (Lipinski definition) is 5. The van der Waals surface area contributed by atoms with Crippen LogP contribution in [0, 0.1) is 0 Å². The van der Waals surface area contributed by atoms with Gasteiger partial charge in [-0.15, -0.1) is 12.6 Å². The topological polar surface area (TPSA) is 44.5 Å². The fraction of sp³-hybridized carbons (Fsp3) is 1.00. The number of hydrazine groups is 2. The third kappa shape index (κ3) is 1.12. The summed E-state index contributed by atoms with van der Waals surface area (Å²) in [6.07, 6.45) is 0. The van der Waals surface area contributed by atoms with Gasteiger partial charge in [0, 0.05) is 7.05 Å². The van der Waals surface area contributed by atoms with E-state index in [9.17, 15) is 0 Å². The zero-order valence-corrected chi connectivity index (χ0v) is 5.60. The molecule has 0 aromatic rings. The molecule has 1 fully saturated rings. The van der Waals surface area contributed by atoms with Crippen LogP contribution in [0.5, 0.6) is 0 Å². The zero-order chi connectivity index (χ0) is 6.15. The van der Waals surface area contributed by atoms with Gasteiger partial charge in [-0.1, -0.05) is 0 Å². The SMILES string of the molecule is CN1CN(N)C(S)N1. The van der Waals surface area contributed by atoms with Gasteiger partial charge < -0.3 is 0 Å². The van der Waals surface area contributed by atoms with E-state index >= 15 is 0 Å². The van der Waals surface area contributed by atoms with Gasteiger partial charge in [0.05, 0.1) is 6.67 Å². The molecule has 0 amide bonds. The standard InChI is InChI=1S/C3H10N4S/c1-6-2-7(4)3(8)5-6/h3,5,8H,2,4H2,1H3. The summed E-state index contributed by atoms with van der Waals surface area (Å²) in [6.45, 7) is 0.716. The van der Waals surface area contributed by atoms with E-state index in [1.807, 2.05) is 12.1 Å². The van der Waals surface area contributed by atoms with Crippen LogP contribution >= 0.6 is 12.6 Å². The zero-order valence-electron chi connectivity index (χ0n) is 4.70. The number of thiol groups is 1. The Labute approximate surface area is 54.0 Å².